The second kappa shape index (κ2) is 9.54. The lowest BCUT2D eigenvalue weighted by atomic mass is 10.2. The number of carbonyl (C=O) groups excluding carboxylic acids is 1. The van der Waals surface area contributed by atoms with Gasteiger partial charge in [0.15, 0.2) is 0 Å². The fraction of sp³-hybridized carbons (Fsp3) is 0.529. The predicted octanol–water partition coefficient (Wildman–Crippen LogP) is 0.631. The Labute approximate surface area is 157 Å². The molecule has 0 atom stereocenters. The van der Waals surface area contributed by atoms with Gasteiger partial charge in [0, 0.05) is 64.2 Å². The molecule has 1 aliphatic heterocycles. The zero-order valence-electron chi connectivity index (χ0n) is 15.0. The normalized spacial score (nSPS) is 15.2. The summed E-state index contributed by atoms with van der Waals surface area (Å²) in [7, 11) is 1.79. The Morgan fingerprint density at radius 3 is 2.65 bits per heavy atom. The first-order chi connectivity index (χ1) is 12.7. The highest BCUT2D eigenvalue weighted by atomic mass is 32.2. The van der Waals surface area contributed by atoms with Gasteiger partial charge in [0.25, 0.3) is 0 Å². The number of rotatable bonds is 8. The molecule has 140 valence electrons. The van der Waals surface area contributed by atoms with E-state index in [2.05, 4.69) is 54.9 Å². The minimum atomic E-state index is 0.0792. The number of para-hydroxylation sites is 1. The molecule has 0 saturated carbocycles. The first-order valence-corrected chi connectivity index (χ1v) is 9.85. The van der Waals surface area contributed by atoms with Crippen LogP contribution in [0.3, 0.4) is 0 Å². The van der Waals surface area contributed by atoms with Gasteiger partial charge in [-0.25, -0.2) is 4.68 Å². The van der Waals surface area contributed by atoms with Gasteiger partial charge in [-0.1, -0.05) is 30.0 Å². The van der Waals surface area contributed by atoms with Crippen LogP contribution in [0.5, 0.6) is 0 Å². The monoisotopic (exact) mass is 375 g/mol. The number of aryl methyl sites for hydroxylation is 1. The van der Waals surface area contributed by atoms with Crippen LogP contribution in [0.25, 0.3) is 0 Å². The van der Waals surface area contributed by atoms with E-state index in [-0.39, 0.29) is 5.91 Å². The number of tetrazole rings is 1. The summed E-state index contributed by atoms with van der Waals surface area (Å²) in [5.41, 5.74) is 1.29. The van der Waals surface area contributed by atoms with E-state index < -0.39 is 0 Å². The van der Waals surface area contributed by atoms with Gasteiger partial charge in [0.05, 0.1) is 0 Å². The molecule has 1 aromatic heterocycles. The predicted molar refractivity (Wildman–Crippen MR) is 102 cm³/mol. The summed E-state index contributed by atoms with van der Waals surface area (Å²) < 4.78 is 1.61. The topological polar surface area (TPSA) is 79.2 Å². The number of amides is 1. The van der Waals surface area contributed by atoms with Crippen molar-refractivity contribution in [2.24, 2.45) is 7.05 Å². The maximum atomic E-state index is 11.9. The molecule has 8 nitrogen and oxygen atoms in total. The van der Waals surface area contributed by atoms with Crippen LogP contribution < -0.4 is 10.2 Å². The molecule has 1 aliphatic rings. The molecule has 1 saturated heterocycles. The molecule has 0 spiro atoms. The van der Waals surface area contributed by atoms with Gasteiger partial charge in [-0.05, 0) is 22.6 Å². The zero-order valence-corrected chi connectivity index (χ0v) is 15.9. The van der Waals surface area contributed by atoms with E-state index in [1.165, 1.54) is 17.4 Å². The number of carbonyl (C=O) groups is 1. The van der Waals surface area contributed by atoms with E-state index in [0.29, 0.717) is 18.7 Å². The Kier molecular flexibility index (Phi) is 6.84. The van der Waals surface area contributed by atoms with Crippen molar-refractivity contribution in [3.8, 4) is 0 Å². The summed E-state index contributed by atoms with van der Waals surface area (Å²) in [6.45, 7) is 5.70. The number of hydrogen-bond acceptors (Lipinski definition) is 7. The minimum Gasteiger partial charge on any atom is -0.369 e. The maximum Gasteiger partial charge on any atom is 0.220 e. The molecule has 0 unspecified atom stereocenters. The molecule has 2 aromatic rings. The quantitative estimate of drug-likeness (QED) is 0.678. The van der Waals surface area contributed by atoms with Crippen LogP contribution >= 0.6 is 11.8 Å². The fourth-order valence-corrected chi connectivity index (χ4v) is 3.68. The van der Waals surface area contributed by atoms with Crippen LogP contribution in [0.4, 0.5) is 5.69 Å². The molecule has 0 aliphatic carbocycles. The van der Waals surface area contributed by atoms with Crippen LogP contribution in [0.15, 0.2) is 35.5 Å². The van der Waals surface area contributed by atoms with E-state index in [1.54, 1.807) is 11.7 Å². The van der Waals surface area contributed by atoms with Gasteiger partial charge in [-0.15, -0.1) is 5.10 Å². The van der Waals surface area contributed by atoms with Crippen molar-refractivity contribution in [3.63, 3.8) is 0 Å². The number of benzene rings is 1. The van der Waals surface area contributed by atoms with Crippen molar-refractivity contribution in [3.05, 3.63) is 30.3 Å². The summed E-state index contributed by atoms with van der Waals surface area (Å²) in [4.78, 5) is 16.7. The van der Waals surface area contributed by atoms with E-state index in [4.69, 9.17) is 0 Å². The zero-order chi connectivity index (χ0) is 18.2. The fourth-order valence-electron chi connectivity index (χ4n) is 2.89. The number of aromatic nitrogens is 4. The number of thioether (sulfide) groups is 1. The largest absolute Gasteiger partial charge is 0.369 e. The van der Waals surface area contributed by atoms with Gasteiger partial charge in [0.1, 0.15) is 0 Å². The summed E-state index contributed by atoms with van der Waals surface area (Å²) in [5, 5.41) is 15.0. The first kappa shape index (κ1) is 18.7. The lowest BCUT2D eigenvalue weighted by Crippen LogP contribution is -2.48. The molecule has 1 aromatic carbocycles. The SMILES string of the molecule is Cn1nnnc1SCCC(=O)NCCN1CCN(c2ccccc2)CC1. The standard InChI is InChI=1S/C17H25N7OS/c1-22-17(19-20-21-22)26-14-7-16(25)18-8-9-23-10-12-24(13-11-23)15-5-3-2-4-6-15/h2-6H,7-14H2,1H3,(H,18,25). The molecule has 2 heterocycles. The molecule has 0 radical (unpaired) electrons. The van der Waals surface area contributed by atoms with Crippen LogP contribution in [-0.4, -0.2) is 76.0 Å². The lowest BCUT2D eigenvalue weighted by molar-refractivity contribution is -0.120. The van der Waals surface area contributed by atoms with Crippen LogP contribution in [0.1, 0.15) is 6.42 Å². The number of piperazine rings is 1. The highest BCUT2D eigenvalue weighted by Gasteiger charge is 2.16. The Morgan fingerprint density at radius 2 is 1.96 bits per heavy atom. The van der Waals surface area contributed by atoms with Gasteiger partial charge in [-0.2, -0.15) is 0 Å². The molecular formula is C17H25N7OS. The summed E-state index contributed by atoms with van der Waals surface area (Å²) in [5.74, 6) is 0.756. The second-order valence-electron chi connectivity index (χ2n) is 6.20. The molecule has 1 fully saturated rings. The Hall–Kier alpha value is -2.13. The van der Waals surface area contributed by atoms with Crippen molar-refractivity contribution in [2.45, 2.75) is 11.6 Å². The Morgan fingerprint density at radius 1 is 1.19 bits per heavy atom. The minimum absolute atomic E-state index is 0.0792. The number of nitrogens with one attached hydrogen (secondary N) is 1. The third-order valence-corrected chi connectivity index (χ3v) is 5.40. The average Bonchev–Trinajstić information content (AvgIpc) is 3.08. The molecular weight excluding hydrogens is 350 g/mol. The third kappa shape index (κ3) is 5.43. The van der Waals surface area contributed by atoms with Gasteiger partial charge in [-0.3, -0.25) is 9.69 Å². The van der Waals surface area contributed by atoms with E-state index in [9.17, 15) is 4.79 Å². The smallest absolute Gasteiger partial charge is 0.220 e. The molecule has 1 amide bonds. The number of hydrogen-bond donors (Lipinski definition) is 1. The molecule has 0 bridgehead atoms. The highest BCUT2D eigenvalue weighted by Crippen LogP contribution is 2.15. The van der Waals surface area contributed by atoms with Gasteiger partial charge < -0.3 is 10.2 Å². The van der Waals surface area contributed by atoms with Crippen molar-refractivity contribution >= 4 is 23.4 Å². The highest BCUT2D eigenvalue weighted by molar-refractivity contribution is 7.99. The molecule has 26 heavy (non-hydrogen) atoms. The number of anilines is 1. The van der Waals surface area contributed by atoms with Crippen LogP contribution in [0.2, 0.25) is 0 Å². The molecule has 3 rings (SSSR count). The Bertz CT molecular complexity index is 685. The molecule has 9 heteroatoms. The summed E-state index contributed by atoms with van der Waals surface area (Å²) in [6, 6.07) is 10.5. The summed E-state index contributed by atoms with van der Waals surface area (Å²) in [6.07, 6.45) is 0.472. The molecule has 1 N–H and O–H groups in total. The van der Waals surface area contributed by atoms with Crippen molar-refractivity contribution in [2.75, 3.05) is 49.9 Å². The van der Waals surface area contributed by atoms with Crippen molar-refractivity contribution < 1.29 is 4.79 Å². The van der Waals surface area contributed by atoms with Crippen LogP contribution in [0, 0.1) is 0 Å². The Balaban J connectivity index is 1.27. The van der Waals surface area contributed by atoms with Gasteiger partial charge in [0.2, 0.25) is 11.1 Å². The van der Waals surface area contributed by atoms with Crippen LogP contribution in [-0.2, 0) is 11.8 Å². The first-order valence-electron chi connectivity index (χ1n) is 8.86. The van der Waals surface area contributed by atoms with E-state index in [1.807, 2.05) is 6.07 Å². The van der Waals surface area contributed by atoms with Crippen molar-refractivity contribution in [1.29, 1.82) is 0 Å². The maximum absolute atomic E-state index is 11.9. The van der Waals surface area contributed by atoms with E-state index in [0.717, 1.165) is 37.9 Å². The van der Waals surface area contributed by atoms with Gasteiger partial charge >= 0.3 is 0 Å². The second-order valence-corrected chi connectivity index (χ2v) is 7.26. The van der Waals surface area contributed by atoms with E-state index >= 15 is 0 Å². The third-order valence-electron chi connectivity index (χ3n) is 4.39. The lowest BCUT2D eigenvalue weighted by Gasteiger charge is -2.36. The van der Waals surface area contributed by atoms with Crippen molar-refractivity contribution in [1.82, 2.24) is 30.4 Å². The summed E-state index contributed by atoms with van der Waals surface area (Å²) >= 11 is 1.49. The average molecular weight is 376 g/mol. The number of nitrogens with zero attached hydrogens (tertiary/aromatic N) is 6.